The zero-order valence-electron chi connectivity index (χ0n) is 13.8. The van der Waals surface area contributed by atoms with Crippen LogP contribution >= 0.6 is 0 Å². The van der Waals surface area contributed by atoms with Crippen LogP contribution in [0.1, 0.15) is 64.2 Å². The molecule has 1 aliphatic carbocycles. The van der Waals surface area contributed by atoms with Gasteiger partial charge in [0.1, 0.15) is 0 Å². The molecule has 4 nitrogen and oxygen atoms in total. The van der Waals surface area contributed by atoms with E-state index in [4.69, 9.17) is 4.99 Å². The third kappa shape index (κ3) is 4.30. The lowest BCUT2D eigenvalue weighted by atomic mass is 9.86. The lowest BCUT2D eigenvalue weighted by Gasteiger charge is -2.37. The largest absolute Gasteiger partial charge is 0.392 e. The first-order valence-corrected chi connectivity index (χ1v) is 9.53. The number of nitrogens with zero attached hydrogens (tertiary/aromatic N) is 1. The van der Waals surface area contributed by atoms with Crippen LogP contribution in [0.25, 0.3) is 0 Å². The van der Waals surface area contributed by atoms with Crippen LogP contribution in [-0.4, -0.2) is 48.6 Å². The first-order valence-electron chi connectivity index (χ1n) is 9.53. The van der Waals surface area contributed by atoms with Gasteiger partial charge in [-0.1, -0.05) is 25.7 Å². The Morgan fingerprint density at radius 1 is 0.818 bits per heavy atom. The molecule has 0 radical (unpaired) electrons. The molecule has 3 N–H and O–H groups in total. The molecule has 126 valence electrons. The van der Waals surface area contributed by atoms with Crippen molar-refractivity contribution >= 4 is 6.21 Å². The quantitative estimate of drug-likeness (QED) is 0.698. The standard InChI is InChI=1S/C18H33N3O/c22-17-10-2-1-7-14(17)13-21-18(15-8-3-5-11-19-15)16-9-4-6-12-20-16/h13-20,22H,1-12H2. The summed E-state index contributed by atoms with van der Waals surface area (Å²) in [6.45, 7) is 2.27. The van der Waals surface area contributed by atoms with Crippen molar-refractivity contribution in [2.75, 3.05) is 13.1 Å². The fraction of sp³-hybridized carbons (Fsp3) is 0.944. The van der Waals surface area contributed by atoms with Gasteiger partial charge in [0.25, 0.3) is 0 Å². The highest BCUT2D eigenvalue weighted by atomic mass is 16.3. The molecule has 0 aromatic rings. The minimum Gasteiger partial charge on any atom is -0.392 e. The maximum atomic E-state index is 10.2. The summed E-state index contributed by atoms with van der Waals surface area (Å²) in [6.07, 6.45) is 14.1. The number of piperidine rings is 2. The van der Waals surface area contributed by atoms with Gasteiger partial charge in [0.2, 0.25) is 0 Å². The Hall–Kier alpha value is -0.450. The molecular weight excluding hydrogens is 274 g/mol. The molecule has 0 aromatic heterocycles. The Bertz CT molecular complexity index is 330. The lowest BCUT2D eigenvalue weighted by Crippen LogP contribution is -2.53. The predicted molar refractivity (Wildman–Crippen MR) is 91.5 cm³/mol. The summed E-state index contributed by atoms with van der Waals surface area (Å²) < 4.78 is 0. The molecule has 22 heavy (non-hydrogen) atoms. The van der Waals surface area contributed by atoms with Crippen molar-refractivity contribution in [3.8, 4) is 0 Å². The fourth-order valence-electron chi connectivity index (χ4n) is 4.35. The van der Waals surface area contributed by atoms with Gasteiger partial charge in [0.05, 0.1) is 12.1 Å². The van der Waals surface area contributed by atoms with Gasteiger partial charge in [-0.2, -0.15) is 0 Å². The van der Waals surface area contributed by atoms with E-state index in [9.17, 15) is 5.11 Å². The van der Waals surface area contributed by atoms with Gasteiger partial charge in [0.15, 0.2) is 0 Å². The molecule has 4 unspecified atom stereocenters. The molecule has 2 heterocycles. The van der Waals surface area contributed by atoms with E-state index in [-0.39, 0.29) is 12.0 Å². The van der Waals surface area contributed by atoms with E-state index in [0.717, 1.165) is 25.9 Å². The van der Waals surface area contributed by atoms with Gasteiger partial charge >= 0.3 is 0 Å². The van der Waals surface area contributed by atoms with Crippen molar-refractivity contribution in [3.63, 3.8) is 0 Å². The van der Waals surface area contributed by atoms with Crippen LogP contribution < -0.4 is 10.6 Å². The predicted octanol–water partition coefficient (Wildman–Crippen LogP) is 2.26. The Morgan fingerprint density at radius 2 is 1.41 bits per heavy atom. The van der Waals surface area contributed by atoms with Crippen LogP contribution in [0.2, 0.25) is 0 Å². The fourth-order valence-corrected chi connectivity index (χ4v) is 4.35. The Morgan fingerprint density at radius 3 is 1.95 bits per heavy atom. The van der Waals surface area contributed by atoms with Gasteiger partial charge in [0, 0.05) is 24.2 Å². The van der Waals surface area contributed by atoms with Crippen LogP contribution in [0.4, 0.5) is 0 Å². The summed E-state index contributed by atoms with van der Waals surface area (Å²) in [7, 11) is 0. The van der Waals surface area contributed by atoms with Crippen molar-refractivity contribution < 1.29 is 5.11 Å². The van der Waals surface area contributed by atoms with Gasteiger partial charge < -0.3 is 15.7 Å². The minimum absolute atomic E-state index is 0.170. The van der Waals surface area contributed by atoms with Gasteiger partial charge in [-0.25, -0.2) is 0 Å². The smallest absolute Gasteiger partial charge is 0.0801 e. The van der Waals surface area contributed by atoms with E-state index in [1.807, 2.05) is 0 Å². The first kappa shape index (κ1) is 16.4. The average Bonchev–Trinajstić information content (AvgIpc) is 2.59. The molecule has 0 bridgehead atoms. The molecule has 0 amide bonds. The molecule has 2 aliphatic heterocycles. The summed E-state index contributed by atoms with van der Waals surface area (Å²) in [4.78, 5) is 5.04. The van der Waals surface area contributed by atoms with Crippen molar-refractivity contribution in [2.24, 2.45) is 10.9 Å². The van der Waals surface area contributed by atoms with Crippen molar-refractivity contribution in [1.82, 2.24) is 10.6 Å². The van der Waals surface area contributed by atoms with Gasteiger partial charge in [-0.3, -0.25) is 4.99 Å². The number of aliphatic hydroxyl groups excluding tert-OH is 1. The van der Waals surface area contributed by atoms with Crippen LogP contribution in [0.5, 0.6) is 0 Å². The molecule has 4 atom stereocenters. The summed E-state index contributed by atoms with van der Waals surface area (Å²) in [5.74, 6) is 0.281. The topological polar surface area (TPSA) is 56.7 Å². The monoisotopic (exact) mass is 307 g/mol. The van der Waals surface area contributed by atoms with E-state index in [1.54, 1.807) is 0 Å². The number of aliphatic imine (C=N–C) groups is 1. The Labute approximate surface area is 135 Å². The molecule has 0 aromatic carbocycles. The molecular formula is C18H33N3O. The molecule has 0 spiro atoms. The zero-order chi connectivity index (χ0) is 15.2. The number of rotatable bonds is 4. The third-order valence-electron chi connectivity index (χ3n) is 5.75. The van der Waals surface area contributed by atoms with E-state index >= 15 is 0 Å². The van der Waals surface area contributed by atoms with Crippen molar-refractivity contribution in [2.45, 2.75) is 88.4 Å². The Balaban J connectivity index is 1.66. The van der Waals surface area contributed by atoms with Crippen molar-refractivity contribution in [3.05, 3.63) is 0 Å². The van der Waals surface area contributed by atoms with Gasteiger partial charge in [-0.15, -0.1) is 0 Å². The SMILES string of the molecule is OC1CCCCC1C=NC(C1CCCCN1)C1CCCCN1. The highest BCUT2D eigenvalue weighted by Crippen LogP contribution is 2.25. The second kappa shape index (κ2) is 8.42. The molecule has 2 saturated heterocycles. The summed E-state index contributed by atoms with van der Waals surface area (Å²) >= 11 is 0. The second-order valence-corrected chi connectivity index (χ2v) is 7.42. The molecule has 3 fully saturated rings. The van der Waals surface area contributed by atoms with Gasteiger partial charge in [-0.05, 0) is 51.6 Å². The minimum atomic E-state index is -0.170. The lowest BCUT2D eigenvalue weighted by molar-refractivity contribution is 0.103. The molecule has 4 heteroatoms. The molecule has 3 aliphatic rings. The van der Waals surface area contributed by atoms with Crippen LogP contribution in [0.3, 0.4) is 0 Å². The van der Waals surface area contributed by atoms with E-state index in [2.05, 4.69) is 16.8 Å². The second-order valence-electron chi connectivity index (χ2n) is 7.42. The Kier molecular flexibility index (Phi) is 6.28. The molecule has 1 saturated carbocycles. The van der Waals surface area contributed by atoms with Crippen LogP contribution in [-0.2, 0) is 0 Å². The maximum Gasteiger partial charge on any atom is 0.0801 e. The summed E-state index contributed by atoms with van der Waals surface area (Å²) in [6, 6.07) is 1.37. The third-order valence-corrected chi connectivity index (χ3v) is 5.75. The normalized spacial score (nSPS) is 39.0. The van der Waals surface area contributed by atoms with E-state index < -0.39 is 0 Å². The number of aliphatic hydroxyl groups is 1. The number of hydrogen-bond acceptors (Lipinski definition) is 4. The summed E-state index contributed by atoms with van der Waals surface area (Å²) in [5.41, 5.74) is 0. The van der Waals surface area contributed by atoms with Crippen LogP contribution in [0, 0.1) is 5.92 Å². The zero-order valence-corrected chi connectivity index (χ0v) is 13.8. The average molecular weight is 307 g/mol. The highest BCUT2D eigenvalue weighted by molar-refractivity contribution is 5.62. The number of hydrogen-bond donors (Lipinski definition) is 3. The van der Waals surface area contributed by atoms with E-state index in [0.29, 0.717) is 18.1 Å². The maximum absolute atomic E-state index is 10.2. The highest BCUT2D eigenvalue weighted by Gasteiger charge is 2.31. The number of nitrogens with one attached hydrogen (secondary N) is 2. The van der Waals surface area contributed by atoms with E-state index in [1.165, 1.54) is 51.4 Å². The van der Waals surface area contributed by atoms with Crippen LogP contribution in [0.15, 0.2) is 4.99 Å². The molecule has 3 rings (SSSR count). The first-order chi connectivity index (χ1) is 10.8. The summed E-state index contributed by atoms with van der Waals surface area (Å²) in [5, 5.41) is 17.6. The van der Waals surface area contributed by atoms with Crippen molar-refractivity contribution in [1.29, 1.82) is 0 Å².